The van der Waals surface area contributed by atoms with Gasteiger partial charge in [-0.15, -0.1) is 5.98 Å². The monoisotopic (exact) mass is 178 g/mol. The number of hydrogen-bond acceptors (Lipinski definition) is 1. The molecule has 0 saturated carbocycles. The molecule has 0 spiro atoms. The summed E-state index contributed by atoms with van der Waals surface area (Å²) in [6.45, 7) is 5.83. The molecule has 0 saturated heterocycles. The first-order valence-electron chi connectivity index (χ1n) is 4.96. The lowest BCUT2D eigenvalue weighted by atomic mass is 9.95. The average Bonchev–Trinajstić information content (AvgIpc) is 2.10. The molecular formula is C11H19BO. The maximum absolute atomic E-state index is 10.9. The fourth-order valence-electron chi connectivity index (χ4n) is 1.18. The summed E-state index contributed by atoms with van der Waals surface area (Å²) in [4.78, 5) is 10.9. The Bertz CT molecular complexity index is 226. The standard InChI is InChI=1S/C11H19BO/c1-4-5-6-11(7-10(3)13)9(2)8-12/h7-8H,4-6,12H2,1-3H3/b9-8+,11-7-. The number of carbonyl (C=O) groups is 1. The van der Waals surface area contributed by atoms with Gasteiger partial charge >= 0.3 is 0 Å². The van der Waals surface area contributed by atoms with Crippen LogP contribution in [0.5, 0.6) is 0 Å². The second kappa shape index (κ2) is 6.70. The van der Waals surface area contributed by atoms with E-state index in [0.29, 0.717) is 0 Å². The molecule has 0 aromatic carbocycles. The van der Waals surface area contributed by atoms with E-state index in [1.165, 1.54) is 17.6 Å². The summed E-state index contributed by atoms with van der Waals surface area (Å²) in [5, 5.41) is 0. The summed E-state index contributed by atoms with van der Waals surface area (Å²) < 4.78 is 0. The van der Waals surface area contributed by atoms with Gasteiger partial charge in [-0.3, -0.25) is 4.79 Å². The zero-order valence-electron chi connectivity index (χ0n) is 9.18. The third-order valence-corrected chi connectivity index (χ3v) is 2.12. The number of allylic oxidation sites excluding steroid dienone is 3. The van der Waals surface area contributed by atoms with Gasteiger partial charge in [0.05, 0.1) is 0 Å². The van der Waals surface area contributed by atoms with Crippen LogP contribution in [0.2, 0.25) is 0 Å². The minimum Gasteiger partial charge on any atom is -0.295 e. The first kappa shape index (κ1) is 12.2. The van der Waals surface area contributed by atoms with Gasteiger partial charge in [-0.2, -0.15) is 0 Å². The Morgan fingerprint density at radius 2 is 2.00 bits per heavy atom. The molecule has 0 aliphatic rings. The molecule has 0 rings (SSSR count). The molecule has 0 aromatic rings. The van der Waals surface area contributed by atoms with Gasteiger partial charge in [-0.25, -0.2) is 0 Å². The molecule has 72 valence electrons. The predicted octanol–water partition coefficient (Wildman–Crippen LogP) is 2.23. The van der Waals surface area contributed by atoms with Gasteiger partial charge in [0.1, 0.15) is 7.85 Å². The van der Waals surface area contributed by atoms with E-state index >= 15 is 0 Å². The third-order valence-electron chi connectivity index (χ3n) is 2.12. The summed E-state index contributed by atoms with van der Waals surface area (Å²) >= 11 is 0. The van der Waals surface area contributed by atoms with Crippen LogP contribution in [0, 0.1) is 0 Å². The van der Waals surface area contributed by atoms with Crippen LogP contribution in [0.15, 0.2) is 23.2 Å². The quantitative estimate of drug-likeness (QED) is 0.358. The van der Waals surface area contributed by atoms with Crippen LogP contribution in [0.1, 0.15) is 40.0 Å². The molecule has 1 nitrogen and oxygen atoms in total. The molecule has 0 aliphatic carbocycles. The van der Waals surface area contributed by atoms with Crippen LogP contribution in [0.3, 0.4) is 0 Å². The largest absolute Gasteiger partial charge is 0.295 e. The molecular weight excluding hydrogens is 159 g/mol. The van der Waals surface area contributed by atoms with Crippen molar-refractivity contribution in [1.29, 1.82) is 0 Å². The molecule has 0 atom stereocenters. The van der Waals surface area contributed by atoms with E-state index in [-0.39, 0.29) is 5.78 Å². The van der Waals surface area contributed by atoms with Crippen LogP contribution in [-0.2, 0) is 4.79 Å². The molecule has 0 amide bonds. The lowest BCUT2D eigenvalue weighted by molar-refractivity contribution is -0.112. The molecule has 0 aromatic heterocycles. The molecule has 0 heterocycles. The Hall–Kier alpha value is -0.785. The highest BCUT2D eigenvalue weighted by Gasteiger charge is 1.99. The number of hydrogen-bond donors (Lipinski definition) is 0. The SMILES string of the molecule is B/C=C(C)/C(=C\C(C)=O)CCCC. The van der Waals surface area contributed by atoms with Crippen molar-refractivity contribution in [2.24, 2.45) is 0 Å². The van der Waals surface area contributed by atoms with E-state index in [9.17, 15) is 4.79 Å². The summed E-state index contributed by atoms with van der Waals surface area (Å²) in [5.41, 5.74) is 2.42. The fourth-order valence-corrected chi connectivity index (χ4v) is 1.18. The van der Waals surface area contributed by atoms with Crippen molar-refractivity contribution >= 4 is 13.6 Å². The highest BCUT2D eigenvalue weighted by Crippen LogP contribution is 2.16. The van der Waals surface area contributed by atoms with Gasteiger partial charge in [0.25, 0.3) is 0 Å². The third kappa shape index (κ3) is 5.45. The highest BCUT2D eigenvalue weighted by atomic mass is 16.1. The van der Waals surface area contributed by atoms with Crippen molar-refractivity contribution in [2.75, 3.05) is 0 Å². The number of rotatable bonds is 5. The van der Waals surface area contributed by atoms with Crippen molar-refractivity contribution < 1.29 is 4.79 Å². The van der Waals surface area contributed by atoms with E-state index in [4.69, 9.17) is 0 Å². The van der Waals surface area contributed by atoms with Crippen molar-refractivity contribution in [3.8, 4) is 0 Å². The summed E-state index contributed by atoms with van der Waals surface area (Å²) in [5.74, 6) is 2.21. The molecule has 0 radical (unpaired) electrons. The Morgan fingerprint density at radius 1 is 1.38 bits per heavy atom. The summed E-state index contributed by atoms with van der Waals surface area (Å²) in [6.07, 6.45) is 5.10. The lowest BCUT2D eigenvalue weighted by Gasteiger charge is -2.06. The van der Waals surface area contributed by atoms with Crippen molar-refractivity contribution in [2.45, 2.75) is 40.0 Å². The maximum atomic E-state index is 10.9. The molecule has 0 N–H and O–H groups in total. The number of ketones is 1. The van der Waals surface area contributed by atoms with Crippen LogP contribution in [-0.4, -0.2) is 13.6 Å². The molecule has 0 bridgehead atoms. The molecule has 2 heteroatoms. The highest BCUT2D eigenvalue weighted by molar-refractivity contribution is 6.17. The minimum atomic E-state index is 0.146. The zero-order chi connectivity index (χ0) is 10.3. The van der Waals surface area contributed by atoms with Crippen LogP contribution >= 0.6 is 0 Å². The Balaban J connectivity index is 4.46. The lowest BCUT2D eigenvalue weighted by Crippen LogP contribution is -1.92. The normalized spacial score (nSPS) is 13.2. The second-order valence-electron chi connectivity index (χ2n) is 3.36. The Labute approximate surface area is 82.3 Å². The molecule has 0 fully saturated rings. The Kier molecular flexibility index (Phi) is 6.30. The van der Waals surface area contributed by atoms with Crippen LogP contribution in [0.25, 0.3) is 0 Å². The molecule has 0 aliphatic heterocycles. The van der Waals surface area contributed by atoms with E-state index in [2.05, 4.69) is 19.8 Å². The molecule has 0 unspecified atom stereocenters. The van der Waals surface area contributed by atoms with Gasteiger partial charge < -0.3 is 0 Å². The topological polar surface area (TPSA) is 17.1 Å². The van der Waals surface area contributed by atoms with Crippen LogP contribution < -0.4 is 0 Å². The summed E-state index contributed by atoms with van der Waals surface area (Å²) in [6, 6.07) is 0. The summed E-state index contributed by atoms with van der Waals surface area (Å²) in [7, 11) is 2.01. The van der Waals surface area contributed by atoms with Crippen molar-refractivity contribution in [3.63, 3.8) is 0 Å². The second-order valence-corrected chi connectivity index (χ2v) is 3.36. The van der Waals surface area contributed by atoms with Crippen molar-refractivity contribution in [1.82, 2.24) is 0 Å². The molecule has 13 heavy (non-hydrogen) atoms. The van der Waals surface area contributed by atoms with Gasteiger partial charge in [-0.05, 0) is 38.3 Å². The minimum absolute atomic E-state index is 0.146. The van der Waals surface area contributed by atoms with Gasteiger partial charge in [-0.1, -0.05) is 18.9 Å². The van der Waals surface area contributed by atoms with E-state index in [0.717, 1.165) is 12.8 Å². The van der Waals surface area contributed by atoms with Gasteiger partial charge in [0.2, 0.25) is 0 Å². The van der Waals surface area contributed by atoms with E-state index in [1.54, 1.807) is 13.0 Å². The number of carbonyl (C=O) groups excluding carboxylic acids is 1. The van der Waals surface area contributed by atoms with Crippen LogP contribution in [0.4, 0.5) is 0 Å². The Morgan fingerprint density at radius 3 is 2.38 bits per heavy atom. The first-order chi connectivity index (χ1) is 6.11. The van der Waals surface area contributed by atoms with Gasteiger partial charge in [0, 0.05) is 0 Å². The average molecular weight is 178 g/mol. The first-order valence-corrected chi connectivity index (χ1v) is 4.96. The smallest absolute Gasteiger partial charge is 0.152 e. The van der Waals surface area contributed by atoms with Gasteiger partial charge in [0.15, 0.2) is 5.78 Å². The predicted molar refractivity (Wildman–Crippen MR) is 60.6 cm³/mol. The van der Waals surface area contributed by atoms with E-state index in [1.807, 2.05) is 7.85 Å². The maximum Gasteiger partial charge on any atom is 0.152 e. The van der Waals surface area contributed by atoms with E-state index < -0.39 is 0 Å². The number of unbranched alkanes of at least 4 members (excludes halogenated alkanes) is 1. The fraction of sp³-hybridized carbons (Fsp3) is 0.545. The zero-order valence-corrected chi connectivity index (χ0v) is 9.18. The van der Waals surface area contributed by atoms with Crippen molar-refractivity contribution in [3.05, 3.63) is 23.2 Å².